The van der Waals surface area contributed by atoms with Crippen molar-refractivity contribution in [2.24, 2.45) is 0 Å². The lowest BCUT2D eigenvalue weighted by atomic mass is 10.2. The van der Waals surface area contributed by atoms with Crippen molar-refractivity contribution >= 4 is 23.4 Å². The molecule has 3 rings (SSSR count). The number of aromatic nitrogens is 2. The van der Waals surface area contributed by atoms with Crippen LogP contribution in [0.25, 0.3) is 0 Å². The fraction of sp³-hybridized carbons (Fsp3) is 0.444. The van der Waals surface area contributed by atoms with Crippen LogP contribution in [0.3, 0.4) is 0 Å². The van der Waals surface area contributed by atoms with E-state index in [0.717, 1.165) is 36.2 Å². The van der Waals surface area contributed by atoms with Crippen molar-refractivity contribution in [1.82, 2.24) is 14.9 Å². The first-order chi connectivity index (χ1) is 11.6. The van der Waals surface area contributed by atoms with Crippen LogP contribution in [0.2, 0.25) is 5.02 Å². The molecule has 1 aliphatic carbocycles. The Hall–Kier alpha value is -1.85. The molecule has 0 amide bonds. The molecule has 1 aromatic carbocycles. The van der Waals surface area contributed by atoms with E-state index in [1.165, 1.54) is 18.4 Å². The molecule has 0 radical (unpaired) electrons. The third kappa shape index (κ3) is 5.08. The molecule has 2 aromatic rings. The van der Waals surface area contributed by atoms with Gasteiger partial charge in [-0.1, -0.05) is 23.7 Å². The van der Waals surface area contributed by atoms with Crippen LogP contribution in [0.1, 0.15) is 30.0 Å². The second-order valence-corrected chi connectivity index (χ2v) is 6.92. The van der Waals surface area contributed by atoms with Crippen LogP contribution in [0.4, 0.5) is 11.8 Å². The first-order valence-electron chi connectivity index (χ1n) is 8.36. The van der Waals surface area contributed by atoms with Gasteiger partial charge in [0.15, 0.2) is 0 Å². The van der Waals surface area contributed by atoms with Gasteiger partial charge in [0.05, 0.1) is 5.69 Å². The highest BCUT2D eigenvalue weighted by atomic mass is 35.5. The molecular formula is C18H24ClN5. The average molecular weight is 346 g/mol. The lowest BCUT2D eigenvalue weighted by Gasteiger charge is -2.13. The van der Waals surface area contributed by atoms with Gasteiger partial charge in [-0.05, 0) is 44.6 Å². The highest BCUT2D eigenvalue weighted by Crippen LogP contribution is 2.39. The molecule has 0 bridgehead atoms. The van der Waals surface area contributed by atoms with Crippen molar-refractivity contribution in [2.75, 3.05) is 37.8 Å². The average Bonchev–Trinajstić information content (AvgIpc) is 3.39. The summed E-state index contributed by atoms with van der Waals surface area (Å²) in [5.74, 6) is 2.17. The van der Waals surface area contributed by atoms with E-state index in [1.54, 1.807) is 0 Å². The van der Waals surface area contributed by atoms with Crippen molar-refractivity contribution < 1.29 is 0 Å². The standard InChI is InChI=1S/C18H24ClN5/c1-24(2)10-9-20-18-22-16(14-5-6-14)11-17(23-18)21-12-13-3-7-15(19)8-4-13/h3-4,7-8,11,14H,5-6,9-10,12H2,1-2H3,(H2,20,21,22,23). The van der Waals surface area contributed by atoms with Gasteiger partial charge in [0.25, 0.3) is 0 Å². The highest BCUT2D eigenvalue weighted by molar-refractivity contribution is 6.30. The molecule has 0 unspecified atom stereocenters. The maximum absolute atomic E-state index is 5.93. The molecule has 1 aromatic heterocycles. The maximum Gasteiger partial charge on any atom is 0.224 e. The summed E-state index contributed by atoms with van der Waals surface area (Å²) >= 11 is 5.93. The monoisotopic (exact) mass is 345 g/mol. The maximum atomic E-state index is 5.93. The Balaban J connectivity index is 1.66. The second-order valence-electron chi connectivity index (χ2n) is 6.49. The minimum atomic E-state index is 0.596. The molecule has 0 spiro atoms. The minimum absolute atomic E-state index is 0.596. The van der Waals surface area contributed by atoms with Gasteiger partial charge < -0.3 is 15.5 Å². The van der Waals surface area contributed by atoms with Crippen LogP contribution in [0, 0.1) is 0 Å². The summed E-state index contributed by atoms with van der Waals surface area (Å²) in [5.41, 5.74) is 2.31. The Labute approximate surface area is 148 Å². The number of hydrogen-bond acceptors (Lipinski definition) is 5. The summed E-state index contributed by atoms with van der Waals surface area (Å²) in [6, 6.07) is 9.93. The van der Waals surface area contributed by atoms with Gasteiger partial charge in [-0.15, -0.1) is 0 Å². The number of hydrogen-bond donors (Lipinski definition) is 2. The Bertz CT molecular complexity index is 668. The van der Waals surface area contributed by atoms with Crippen molar-refractivity contribution in [2.45, 2.75) is 25.3 Å². The van der Waals surface area contributed by atoms with E-state index >= 15 is 0 Å². The Morgan fingerprint density at radius 2 is 1.88 bits per heavy atom. The molecule has 0 atom stereocenters. The zero-order valence-electron chi connectivity index (χ0n) is 14.2. The van der Waals surface area contributed by atoms with Crippen LogP contribution in [-0.2, 0) is 6.54 Å². The third-order valence-electron chi connectivity index (χ3n) is 3.97. The van der Waals surface area contributed by atoms with Crippen molar-refractivity contribution in [3.8, 4) is 0 Å². The van der Waals surface area contributed by atoms with Crippen LogP contribution in [-0.4, -0.2) is 42.1 Å². The normalized spacial score (nSPS) is 14.0. The first kappa shape index (κ1) is 17.0. The van der Waals surface area contributed by atoms with Gasteiger partial charge in [-0.3, -0.25) is 0 Å². The van der Waals surface area contributed by atoms with E-state index in [0.29, 0.717) is 11.9 Å². The Morgan fingerprint density at radius 3 is 2.54 bits per heavy atom. The van der Waals surface area contributed by atoms with Gasteiger partial charge in [0.1, 0.15) is 5.82 Å². The summed E-state index contributed by atoms with van der Waals surface area (Å²) in [5, 5.41) is 7.48. The van der Waals surface area contributed by atoms with Gasteiger partial charge in [-0.25, -0.2) is 4.98 Å². The quantitative estimate of drug-likeness (QED) is 0.765. The van der Waals surface area contributed by atoms with Gasteiger partial charge in [-0.2, -0.15) is 4.98 Å². The number of nitrogens with one attached hydrogen (secondary N) is 2. The molecule has 0 saturated heterocycles. The molecule has 2 N–H and O–H groups in total. The van der Waals surface area contributed by atoms with Crippen LogP contribution in [0.5, 0.6) is 0 Å². The highest BCUT2D eigenvalue weighted by Gasteiger charge is 2.26. The molecule has 0 aliphatic heterocycles. The zero-order valence-corrected chi connectivity index (χ0v) is 15.0. The fourth-order valence-electron chi connectivity index (χ4n) is 2.41. The van der Waals surface area contributed by atoms with Gasteiger partial charge in [0, 0.05) is 36.6 Å². The molecule has 1 saturated carbocycles. The van der Waals surface area contributed by atoms with E-state index in [4.69, 9.17) is 11.6 Å². The van der Waals surface area contributed by atoms with E-state index in [2.05, 4.69) is 45.7 Å². The van der Waals surface area contributed by atoms with Crippen LogP contribution < -0.4 is 10.6 Å². The molecule has 1 heterocycles. The SMILES string of the molecule is CN(C)CCNc1nc(NCc2ccc(Cl)cc2)cc(C2CC2)n1. The minimum Gasteiger partial charge on any atom is -0.366 e. The van der Waals surface area contributed by atoms with Gasteiger partial charge >= 0.3 is 0 Å². The predicted molar refractivity (Wildman–Crippen MR) is 99.8 cm³/mol. The number of nitrogens with zero attached hydrogens (tertiary/aromatic N) is 3. The third-order valence-corrected chi connectivity index (χ3v) is 4.22. The summed E-state index contributed by atoms with van der Waals surface area (Å²) < 4.78 is 0. The zero-order chi connectivity index (χ0) is 16.9. The van der Waals surface area contributed by atoms with Crippen molar-refractivity contribution in [3.63, 3.8) is 0 Å². The van der Waals surface area contributed by atoms with Crippen molar-refractivity contribution in [1.29, 1.82) is 0 Å². The summed E-state index contributed by atoms with van der Waals surface area (Å²) in [6.45, 7) is 2.50. The number of anilines is 2. The number of benzene rings is 1. The van der Waals surface area contributed by atoms with E-state index in [1.807, 2.05) is 24.3 Å². The smallest absolute Gasteiger partial charge is 0.224 e. The number of rotatable bonds is 8. The first-order valence-corrected chi connectivity index (χ1v) is 8.74. The summed E-state index contributed by atoms with van der Waals surface area (Å²) in [6.07, 6.45) is 2.45. The van der Waals surface area contributed by atoms with E-state index in [-0.39, 0.29) is 0 Å². The van der Waals surface area contributed by atoms with Crippen LogP contribution in [0.15, 0.2) is 30.3 Å². The largest absolute Gasteiger partial charge is 0.366 e. The molecular weight excluding hydrogens is 322 g/mol. The molecule has 24 heavy (non-hydrogen) atoms. The van der Waals surface area contributed by atoms with Crippen molar-refractivity contribution in [3.05, 3.63) is 46.6 Å². The lowest BCUT2D eigenvalue weighted by Crippen LogP contribution is -2.21. The van der Waals surface area contributed by atoms with E-state index < -0.39 is 0 Å². The lowest BCUT2D eigenvalue weighted by molar-refractivity contribution is 0.425. The molecule has 128 valence electrons. The van der Waals surface area contributed by atoms with Gasteiger partial charge in [0.2, 0.25) is 5.95 Å². The Kier molecular flexibility index (Phi) is 5.53. The second kappa shape index (κ2) is 7.81. The molecule has 5 nitrogen and oxygen atoms in total. The topological polar surface area (TPSA) is 53.1 Å². The number of halogens is 1. The van der Waals surface area contributed by atoms with E-state index in [9.17, 15) is 0 Å². The predicted octanol–water partition coefficient (Wildman–Crippen LogP) is 3.59. The summed E-state index contributed by atoms with van der Waals surface area (Å²) in [7, 11) is 4.12. The Morgan fingerprint density at radius 1 is 1.12 bits per heavy atom. The molecule has 6 heteroatoms. The number of likely N-dealkylation sites (N-methyl/N-ethyl adjacent to an activating group) is 1. The fourth-order valence-corrected chi connectivity index (χ4v) is 2.54. The molecule has 1 fully saturated rings. The summed E-state index contributed by atoms with van der Waals surface area (Å²) in [4.78, 5) is 11.4. The molecule has 1 aliphatic rings. The van der Waals surface area contributed by atoms with Crippen LogP contribution >= 0.6 is 11.6 Å².